The molecule has 0 saturated carbocycles. The Labute approximate surface area is 253 Å². The molecule has 2 atom stereocenters. The molecule has 0 radical (unpaired) electrons. The smallest absolute Gasteiger partial charge is 0.293 e. The molecule has 14 heteroatoms. The summed E-state index contributed by atoms with van der Waals surface area (Å²) in [5.74, 6) is -0.0172. The average Bonchev–Trinajstić information content (AvgIpc) is 3.37. The van der Waals surface area contributed by atoms with Gasteiger partial charge in [0.05, 0.1) is 33.8 Å². The minimum absolute atomic E-state index is 0.0962. The second-order valence-electron chi connectivity index (χ2n) is 11.0. The van der Waals surface area contributed by atoms with Crippen molar-refractivity contribution in [2.45, 2.75) is 37.2 Å². The Balaban J connectivity index is 1.25. The number of nitrogens with one attached hydrogen (secondary N) is 3. The number of para-hydroxylation sites is 1. The van der Waals surface area contributed by atoms with Crippen molar-refractivity contribution in [2.24, 2.45) is 5.92 Å². The zero-order valence-electron chi connectivity index (χ0n) is 24.0. The number of H-pyrrole nitrogens is 1. The van der Waals surface area contributed by atoms with Crippen molar-refractivity contribution in [3.63, 3.8) is 0 Å². The van der Waals surface area contributed by atoms with E-state index in [1.807, 2.05) is 17.0 Å². The van der Waals surface area contributed by atoms with E-state index in [9.17, 15) is 23.3 Å². The lowest BCUT2D eigenvalue weighted by Gasteiger charge is -2.27. The third-order valence-corrected chi connectivity index (χ3v) is 9.13. The zero-order valence-corrected chi connectivity index (χ0v) is 24.8. The highest BCUT2D eigenvalue weighted by atomic mass is 32.2. The summed E-state index contributed by atoms with van der Waals surface area (Å²) >= 11 is 0. The van der Waals surface area contributed by atoms with Crippen molar-refractivity contribution in [3.05, 3.63) is 76.5 Å². The van der Waals surface area contributed by atoms with Crippen LogP contribution in [0.4, 0.5) is 22.7 Å². The standard InChI is InChI=1S/C30H32N6O7S/c1-19-7-8-21(43-18-19)17-32-24-10-9-22(16-26(24)36(38)39)44(40,41)34-29(37)23-5-2-3-6-25(23)35-13-4-14-42-30-27(35)15-20-11-12-31-28(20)33-30/h2-3,5-6,9-12,15-16,19,21,32H,4,7-8,13-14,17-18H2,1H3,(H,31,33)(H,34,37)/t19-,21+/m0/s1. The Bertz CT molecular complexity index is 1820. The normalized spacial score (nSPS) is 18.6. The van der Waals surface area contributed by atoms with Gasteiger partial charge in [0, 0.05) is 37.3 Å². The molecular formula is C30H32N6O7S. The van der Waals surface area contributed by atoms with Crippen molar-refractivity contribution in [1.82, 2.24) is 14.7 Å². The number of fused-ring (bicyclic) bond motifs is 2. The molecule has 1 amide bonds. The predicted octanol–water partition coefficient (Wildman–Crippen LogP) is 4.74. The van der Waals surface area contributed by atoms with Crippen LogP contribution in [-0.4, -0.2) is 61.6 Å². The summed E-state index contributed by atoms with van der Waals surface area (Å²) in [5.41, 5.74) is 1.62. The van der Waals surface area contributed by atoms with Crippen LogP contribution in [0.2, 0.25) is 0 Å². The minimum Gasteiger partial charge on any atom is -0.476 e. The fourth-order valence-corrected chi connectivity index (χ4v) is 6.44. The van der Waals surface area contributed by atoms with Crippen LogP contribution in [0.5, 0.6) is 5.88 Å². The Morgan fingerprint density at radius 1 is 1.16 bits per heavy atom. The van der Waals surface area contributed by atoms with Crippen LogP contribution in [0, 0.1) is 16.0 Å². The van der Waals surface area contributed by atoms with Gasteiger partial charge in [0.2, 0.25) is 5.88 Å². The van der Waals surface area contributed by atoms with E-state index in [1.54, 1.807) is 24.4 Å². The lowest BCUT2D eigenvalue weighted by atomic mass is 10.0. The van der Waals surface area contributed by atoms with Gasteiger partial charge in [-0.15, -0.1) is 0 Å². The lowest BCUT2D eigenvalue weighted by Crippen LogP contribution is -2.32. The molecule has 0 aliphatic carbocycles. The number of aromatic nitrogens is 2. The summed E-state index contributed by atoms with van der Waals surface area (Å²) in [6.45, 7) is 3.99. The Morgan fingerprint density at radius 2 is 2.00 bits per heavy atom. The molecule has 1 fully saturated rings. The van der Waals surface area contributed by atoms with Gasteiger partial charge in [0.15, 0.2) is 0 Å². The number of hydrogen-bond donors (Lipinski definition) is 3. The molecule has 2 aromatic carbocycles. The van der Waals surface area contributed by atoms with Crippen molar-refractivity contribution < 1.29 is 27.6 Å². The van der Waals surface area contributed by atoms with Crippen LogP contribution >= 0.6 is 0 Å². The number of amides is 1. The Kier molecular flexibility index (Phi) is 8.10. The highest BCUT2D eigenvalue weighted by molar-refractivity contribution is 7.90. The number of aromatic amines is 1. The van der Waals surface area contributed by atoms with Crippen LogP contribution < -0.4 is 19.7 Å². The molecule has 2 aliphatic heterocycles. The van der Waals surface area contributed by atoms with E-state index in [-0.39, 0.29) is 17.4 Å². The topological polar surface area (TPSA) is 169 Å². The Hall–Kier alpha value is -4.69. The fourth-order valence-electron chi connectivity index (χ4n) is 5.45. The van der Waals surface area contributed by atoms with Gasteiger partial charge in [-0.3, -0.25) is 14.9 Å². The summed E-state index contributed by atoms with van der Waals surface area (Å²) in [7, 11) is -4.47. The van der Waals surface area contributed by atoms with E-state index in [4.69, 9.17) is 9.47 Å². The highest BCUT2D eigenvalue weighted by Crippen LogP contribution is 2.38. The van der Waals surface area contributed by atoms with E-state index in [2.05, 4.69) is 26.9 Å². The van der Waals surface area contributed by atoms with Gasteiger partial charge in [-0.1, -0.05) is 19.1 Å². The zero-order chi connectivity index (χ0) is 30.8. The van der Waals surface area contributed by atoms with Crippen LogP contribution in [0.3, 0.4) is 0 Å². The van der Waals surface area contributed by atoms with Gasteiger partial charge in [-0.2, -0.15) is 4.98 Å². The van der Waals surface area contributed by atoms with Crippen LogP contribution in [-0.2, 0) is 14.8 Å². The number of anilines is 3. The van der Waals surface area contributed by atoms with E-state index < -0.39 is 31.4 Å². The van der Waals surface area contributed by atoms with Crippen LogP contribution in [0.15, 0.2) is 65.7 Å². The van der Waals surface area contributed by atoms with Gasteiger partial charge < -0.3 is 24.7 Å². The summed E-state index contributed by atoms with van der Waals surface area (Å²) < 4.78 is 40.5. The average molecular weight is 621 g/mol. The number of nitro groups is 1. The molecule has 1 saturated heterocycles. The molecule has 4 aromatic rings. The number of carbonyl (C=O) groups excluding carboxylic acids is 1. The summed E-state index contributed by atoms with van der Waals surface area (Å²) in [5, 5.41) is 15.8. The van der Waals surface area contributed by atoms with Crippen molar-refractivity contribution in [1.29, 1.82) is 0 Å². The second kappa shape index (κ2) is 12.1. The molecule has 6 rings (SSSR count). The maximum absolute atomic E-state index is 13.5. The summed E-state index contributed by atoms with van der Waals surface area (Å²) in [6, 6.07) is 13.9. The minimum atomic E-state index is -4.47. The van der Waals surface area contributed by atoms with Gasteiger partial charge in [0.1, 0.15) is 17.0 Å². The van der Waals surface area contributed by atoms with Gasteiger partial charge in [-0.05, 0) is 61.6 Å². The largest absolute Gasteiger partial charge is 0.476 e. The van der Waals surface area contributed by atoms with Gasteiger partial charge >= 0.3 is 0 Å². The van der Waals surface area contributed by atoms with E-state index in [0.29, 0.717) is 61.5 Å². The van der Waals surface area contributed by atoms with Gasteiger partial charge in [-0.25, -0.2) is 13.1 Å². The molecule has 44 heavy (non-hydrogen) atoms. The number of rotatable bonds is 8. The first-order chi connectivity index (χ1) is 21.2. The first-order valence-corrected chi connectivity index (χ1v) is 15.9. The SMILES string of the molecule is C[C@H]1CC[C@H](CNc2ccc(S(=O)(=O)NC(=O)c3ccccc3N3CCCOc4nc5[nH]ccc5cc43)cc2[N+](=O)[O-])OC1. The van der Waals surface area contributed by atoms with Crippen molar-refractivity contribution in [3.8, 4) is 5.88 Å². The number of pyridine rings is 1. The van der Waals surface area contributed by atoms with Crippen LogP contribution in [0.1, 0.15) is 36.5 Å². The third-order valence-electron chi connectivity index (χ3n) is 7.80. The van der Waals surface area contributed by atoms with Crippen LogP contribution in [0.25, 0.3) is 11.0 Å². The predicted molar refractivity (Wildman–Crippen MR) is 164 cm³/mol. The fraction of sp³-hybridized carbons (Fsp3) is 0.333. The van der Waals surface area contributed by atoms with Crippen molar-refractivity contribution in [2.75, 3.05) is 36.5 Å². The Morgan fingerprint density at radius 3 is 2.80 bits per heavy atom. The second-order valence-corrected chi connectivity index (χ2v) is 12.7. The molecule has 2 aliphatic rings. The quantitative estimate of drug-likeness (QED) is 0.185. The number of carbonyl (C=O) groups is 1. The first kappa shape index (κ1) is 29.4. The maximum atomic E-state index is 13.5. The summed E-state index contributed by atoms with van der Waals surface area (Å²) in [4.78, 5) is 33.9. The number of ether oxygens (including phenoxy) is 2. The third kappa shape index (κ3) is 6.03. The first-order valence-electron chi connectivity index (χ1n) is 14.4. The molecule has 0 spiro atoms. The lowest BCUT2D eigenvalue weighted by molar-refractivity contribution is -0.384. The monoisotopic (exact) mass is 620 g/mol. The van der Waals surface area contributed by atoms with Crippen molar-refractivity contribution >= 4 is 49.7 Å². The summed E-state index contributed by atoms with van der Waals surface area (Å²) in [6.07, 6.45) is 4.13. The molecule has 4 heterocycles. The number of sulfonamides is 1. The number of nitro benzene ring substituents is 1. The van der Waals surface area contributed by atoms with E-state index in [0.717, 1.165) is 24.3 Å². The highest BCUT2D eigenvalue weighted by Gasteiger charge is 2.28. The van der Waals surface area contributed by atoms with E-state index in [1.165, 1.54) is 18.2 Å². The molecule has 13 nitrogen and oxygen atoms in total. The van der Waals surface area contributed by atoms with Gasteiger partial charge in [0.25, 0.3) is 21.6 Å². The number of hydrogen-bond acceptors (Lipinski definition) is 10. The number of benzene rings is 2. The molecular weight excluding hydrogens is 588 g/mol. The molecule has 0 unspecified atom stereocenters. The molecule has 230 valence electrons. The molecule has 0 bridgehead atoms. The number of nitrogens with zero attached hydrogens (tertiary/aromatic N) is 3. The van der Waals surface area contributed by atoms with E-state index >= 15 is 0 Å². The maximum Gasteiger partial charge on any atom is 0.293 e. The molecule has 3 N–H and O–H groups in total. The molecule has 2 aromatic heterocycles.